The van der Waals surface area contributed by atoms with Crippen molar-refractivity contribution in [2.45, 2.75) is 31.7 Å². The SMILES string of the molecule is Cc1c[nH]c(C(=O)N2CCC3(CC2)NC(=O)CC3C(=O)O)c1. The Morgan fingerprint density at radius 3 is 2.59 bits per heavy atom. The van der Waals surface area contributed by atoms with Gasteiger partial charge in [-0.15, -0.1) is 0 Å². The minimum absolute atomic E-state index is 0.0269. The van der Waals surface area contributed by atoms with Crippen molar-refractivity contribution in [1.82, 2.24) is 15.2 Å². The molecular weight excluding hydrogens is 286 g/mol. The largest absolute Gasteiger partial charge is 0.481 e. The van der Waals surface area contributed by atoms with Crippen LogP contribution in [0.25, 0.3) is 0 Å². The molecule has 2 aliphatic rings. The van der Waals surface area contributed by atoms with Crippen molar-refractivity contribution >= 4 is 17.8 Å². The van der Waals surface area contributed by atoms with E-state index in [4.69, 9.17) is 0 Å². The molecule has 3 N–H and O–H groups in total. The summed E-state index contributed by atoms with van der Waals surface area (Å²) in [6, 6.07) is 1.80. The first-order valence-electron chi connectivity index (χ1n) is 7.39. The fraction of sp³-hybridized carbons (Fsp3) is 0.533. The highest BCUT2D eigenvalue weighted by Gasteiger charge is 2.52. The first-order chi connectivity index (χ1) is 10.4. The van der Waals surface area contributed by atoms with Gasteiger partial charge in [-0.3, -0.25) is 14.4 Å². The molecular formula is C15H19N3O4. The highest BCUT2D eigenvalue weighted by Crippen LogP contribution is 2.37. The number of carbonyl (C=O) groups is 3. The summed E-state index contributed by atoms with van der Waals surface area (Å²) in [6.07, 6.45) is 2.75. The van der Waals surface area contributed by atoms with E-state index < -0.39 is 17.4 Å². The number of likely N-dealkylation sites (tertiary alicyclic amines) is 1. The number of hydrogen-bond acceptors (Lipinski definition) is 3. The standard InChI is InChI=1S/C15H19N3O4/c1-9-6-11(16-8-9)13(20)18-4-2-15(3-5-18)10(14(21)22)7-12(19)17-15/h6,8,10,16H,2-5,7H2,1H3,(H,17,19)(H,21,22). The number of carboxylic acids is 1. The molecule has 0 aliphatic carbocycles. The van der Waals surface area contributed by atoms with Crippen LogP contribution < -0.4 is 5.32 Å². The lowest BCUT2D eigenvalue weighted by Crippen LogP contribution is -2.56. The maximum absolute atomic E-state index is 12.4. The van der Waals surface area contributed by atoms with Crippen LogP contribution in [0.5, 0.6) is 0 Å². The number of hydrogen-bond donors (Lipinski definition) is 3. The average molecular weight is 305 g/mol. The van der Waals surface area contributed by atoms with E-state index in [1.807, 2.05) is 6.92 Å². The molecule has 2 aliphatic heterocycles. The normalized spacial score (nSPS) is 23.6. The molecule has 2 amide bonds. The average Bonchev–Trinajstić information content (AvgIpc) is 3.03. The molecule has 118 valence electrons. The molecule has 2 fully saturated rings. The van der Waals surface area contributed by atoms with Crippen LogP contribution in [0.2, 0.25) is 0 Å². The summed E-state index contributed by atoms with van der Waals surface area (Å²) in [5.41, 5.74) is 0.829. The first-order valence-corrected chi connectivity index (χ1v) is 7.39. The first kappa shape index (κ1) is 14.6. The second-order valence-corrected chi connectivity index (χ2v) is 6.18. The molecule has 1 spiro atoms. The van der Waals surface area contributed by atoms with Crippen LogP contribution >= 0.6 is 0 Å². The fourth-order valence-corrected chi connectivity index (χ4v) is 3.50. The lowest BCUT2D eigenvalue weighted by atomic mass is 9.77. The molecule has 0 saturated carbocycles. The molecule has 1 aromatic heterocycles. The zero-order chi connectivity index (χ0) is 15.9. The number of H-pyrrole nitrogens is 1. The van der Waals surface area contributed by atoms with Gasteiger partial charge in [-0.25, -0.2) is 0 Å². The molecule has 2 saturated heterocycles. The maximum Gasteiger partial charge on any atom is 0.309 e. The predicted octanol–water partition coefficient (Wildman–Crippen LogP) is 0.519. The van der Waals surface area contributed by atoms with Gasteiger partial charge < -0.3 is 20.3 Å². The van der Waals surface area contributed by atoms with E-state index in [1.165, 1.54) is 0 Å². The van der Waals surface area contributed by atoms with Gasteiger partial charge in [0.05, 0.1) is 11.5 Å². The molecule has 22 heavy (non-hydrogen) atoms. The zero-order valence-electron chi connectivity index (χ0n) is 12.4. The van der Waals surface area contributed by atoms with E-state index >= 15 is 0 Å². The summed E-state index contributed by atoms with van der Waals surface area (Å²) in [7, 11) is 0. The lowest BCUT2D eigenvalue weighted by Gasteiger charge is -2.41. The Morgan fingerprint density at radius 1 is 1.36 bits per heavy atom. The molecule has 1 aromatic rings. The smallest absolute Gasteiger partial charge is 0.309 e. The summed E-state index contributed by atoms with van der Waals surface area (Å²) >= 11 is 0. The second kappa shape index (κ2) is 5.15. The Balaban J connectivity index is 1.71. The van der Waals surface area contributed by atoms with Crippen LogP contribution in [0.15, 0.2) is 12.3 Å². The van der Waals surface area contributed by atoms with Gasteiger partial charge in [0.2, 0.25) is 5.91 Å². The monoisotopic (exact) mass is 305 g/mol. The second-order valence-electron chi connectivity index (χ2n) is 6.18. The van der Waals surface area contributed by atoms with E-state index in [0.717, 1.165) is 5.56 Å². The quantitative estimate of drug-likeness (QED) is 0.741. The fourth-order valence-electron chi connectivity index (χ4n) is 3.50. The zero-order valence-corrected chi connectivity index (χ0v) is 12.4. The van der Waals surface area contributed by atoms with Gasteiger partial charge in [-0.2, -0.15) is 0 Å². The van der Waals surface area contributed by atoms with Crippen molar-refractivity contribution in [2.75, 3.05) is 13.1 Å². The summed E-state index contributed by atoms with van der Waals surface area (Å²) in [4.78, 5) is 40.0. The Bertz CT molecular complexity index is 628. The van der Waals surface area contributed by atoms with Gasteiger partial charge >= 0.3 is 5.97 Å². The molecule has 0 bridgehead atoms. The van der Waals surface area contributed by atoms with Crippen molar-refractivity contribution in [3.63, 3.8) is 0 Å². The van der Waals surface area contributed by atoms with Crippen molar-refractivity contribution < 1.29 is 19.5 Å². The van der Waals surface area contributed by atoms with Crippen LogP contribution in [-0.2, 0) is 9.59 Å². The number of aromatic nitrogens is 1. The van der Waals surface area contributed by atoms with E-state index in [1.54, 1.807) is 17.2 Å². The van der Waals surface area contributed by atoms with E-state index in [9.17, 15) is 19.5 Å². The highest BCUT2D eigenvalue weighted by molar-refractivity contribution is 5.93. The number of carboxylic acid groups (broad SMARTS) is 1. The Morgan fingerprint density at radius 2 is 2.05 bits per heavy atom. The number of aromatic amines is 1. The van der Waals surface area contributed by atoms with Crippen LogP contribution in [-0.4, -0.2) is 51.4 Å². The lowest BCUT2D eigenvalue weighted by molar-refractivity contribution is -0.144. The van der Waals surface area contributed by atoms with Gasteiger partial charge in [-0.1, -0.05) is 0 Å². The summed E-state index contributed by atoms with van der Waals surface area (Å²) in [6.45, 7) is 2.80. The van der Waals surface area contributed by atoms with Crippen molar-refractivity contribution in [3.05, 3.63) is 23.5 Å². The van der Waals surface area contributed by atoms with Crippen molar-refractivity contribution in [2.24, 2.45) is 5.92 Å². The third-order valence-electron chi connectivity index (χ3n) is 4.74. The van der Waals surface area contributed by atoms with Crippen LogP contribution in [0, 0.1) is 12.8 Å². The number of rotatable bonds is 2. The maximum atomic E-state index is 12.4. The number of amides is 2. The number of nitrogens with zero attached hydrogens (tertiary/aromatic N) is 1. The van der Waals surface area contributed by atoms with Gasteiger partial charge in [-0.05, 0) is 31.4 Å². The van der Waals surface area contributed by atoms with E-state index in [2.05, 4.69) is 10.3 Å². The van der Waals surface area contributed by atoms with Crippen LogP contribution in [0.4, 0.5) is 0 Å². The Labute approximate surface area is 127 Å². The summed E-state index contributed by atoms with van der Waals surface area (Å²) < 4.78 is 0. The predicted molar refractivity (Wildman–Crippen MR) is 77.3 cm³/mol. The topological polar surface area (TPSA) is 103 Å². The highest BCUT2D eigenvalue weighted by atomic mass is 16.4. The van der Waals surface area contributed by atoms with Gasteiger partial charge in [0.25, 0.3) is 5.91 Å². The van der Waals surface area contributed by atoms with Gasteiger partial charge in [0.1, 0.15) is 5.69 Å². The Hall–Kier alpha value is -2.31. The van der Waals surface area contributed by atoms with E-state index in [-0.39, 0.29) is 18.2 Å². The molecule has 3 rings (SSSR count). The number of nitrogens with one attached hydrogen (secondary N) is 2. The van der Waals surface area contributed by atoms with Crippen LogP contribution in [0.1, 0.15) is 35.3 Å². The molecule has 7 nitrogen and oxygen atoms in total. The molecule has 0 aromatic carbocycles. The third kappa shape index (κ3) is 2.36. The van der Waals surface area contributed by atoms with Crippen LogP contribution in [0.3, 0.4) is 0 Å². The van der Waals surface area contributed by atoms with Crippen molar-refractivity contribution in [3.8, 4) is 0 Å². The van der Waals surface area contributed by atoms with Gasteiger partial charge in [0, 0.05) is 25.7 Å². The minimum Gasteiger partial charge on any atom is -0.481 e. The van der Waals surface area contributed by atoms with Crippen molar-refractivity contribution in [1.29, 1.82) is 0 Å². The molecule has 7 heteroatoms. The van der Waals surface area contributed by atoms with Gasteiger partial charge in [0.15, 0.2) is 0 Å². The summed E-state index contributed by atoms with van der Waals surface area (Å²) in [5, 5.41) is 12.2. The Kier molecular flexibility index (Phi) is 3.42. The number of aliphatic carboxylic acids is 1. The number of aryl methyl sites for hydroxylation is 1. The summed E-state index contributed by atoms with van der Waals surface area (Å²) in [5.74, 6) is -1.95. The molecule has 0 radical (unpaired) electrons. The number of piperidine rings is 1. The molecule has 1 unspecified atom stereocenters. The third-order valence-corrected chi connectivity index (χ3v) is 4.74. The molecule has 3 heterocycles. The minimum atomic E-state index is -0.946. The molecule has 1 atom stereocenters. The number of carbonyl (C=O) groups excluding carboxylic acids is 2. The van der Waals surface area contributed by atoms with E-state index in [0.29, 0.717) is 31.6 Å².